The molecule has 0 aliphatic carbocycles. The molecule has 2 fully saturated rings. The van der Waals surface area contributed by atoms with Crippen molar-refractivity contribution in [1.82, 2.24) is 15.6 Å². The summed E-state index contributed by atoms with van der Waals surface area (Å²) in [4.78, 5) is 18.9. The Kier molecular flexibility index (Phi) is 4.70. The zero-order valence-electron chi connectivity index (χ0n) is 12.5. The minimum atomic E-state index is 0.170. The third-order valence-corrected chi connectivity index (χ3v) is 4.42. The third-order valence-electron chi connectivity index (χ3n) is 4.42. The van der Waals surface area contributed by atoms with E-state index in [1.54, 1.807) is 0 Å². The van der Waals surface area contributed by atoms with Crippen LogP contribution in [0.1, 0.15) is 31.2 Å². The van der Waals surface area contributed by atoms with Gasteiger partial charge in [-0.25, -0.2) is 4.98 Å². The summed E-state index contributed by atoms with van der Waals surface area (Å²) in [5.41, 5.74) is 1.07. The van der Waals surface area contributed by atoms with Crippen LogP contribution in [0, 0.1) is 5.92 Å². The molecule has 0 aromatic carbocycles. The van der Waals surface area contributed by atoms with Crippen LogP contribution in [0.2, 0.25) is 0 Å². The Morgan fingerprint density at radius 2 is 2.05 bits per heavy atom. The summed E-state index contributed by atoms with van der Waals surface area (Å²) in [6.45, 7) is 4.70. The number of anilines is 1. The van der Waals surface area contributed by atoms with Crippen molar-refractivity contribution >= 4 is 11.7 Å². The molecule has 0 radical (unpaired) electrons. The largest absolute Gasteiger partial charge is 0.357 e. The Morgan fingerprint density at radius 1 is 1.29 bits per heavy atom. The number of nitrogens with zero attached hydrogens (tertiary/aromatic N) is 2. The molecule has 0 unspecified atom stereocenters. The van der Waals surface area contributed by atoms with E-state index >= 15 is 0 Å². The van der Waals surface area contributed by atoms with Crippen molar-refractivity contribution in [1.29, 1.82) is 0 Å². The van der Waals surface area contributed by atoms with Gasteiger partial charge < -0.3 is 15.5 Å². The van der Waals surface area contributed by atoms with Gasteiger partial charge in [0.05, 0.1) is 0 Å². The maximum Gasteiger partial charge on any atom is 0.223 e. The van der Waals surface area contributed by atoms with Crippen LogP contribution in [-0.4, -0.2) is 37.1 Å². The highest BCUT2D eigenvalue weighted by atomic mass is 16.1. The lowest BCUT2D eigenvalue weighted by Crippen LogP contribution is -2.37. The summed E-state index contributed by atoms with van der Waals surface area (Å²) < 4.78 is 0. The van der Waals surface area contributed by atoms with Crippen molar-refractivity contribution in [2.45, 2.75) is 32.2 Å². The molecular formula is C16H24N4O. The fourth-order valence-electron chi connectivity index (χ4n) is 3.07. The van der Waals surface area contributed by atoms with Crippen molar-refractivity contribution < 1.29 is 4.79 Å². The van der Waals surface area contributed by atoms with Gasteiger partial charge in [-0.05, 0) is 50.4 Å². The standard InChI is InChI=1S/C16H24N4O/c21-16(14-5-7-17-8-6-14)19-12-13-3-4-15(18-11-13)20-9-1-2-10-20/h3-4,11,14,17H,1-2,5-10,12H2,(H,19,21). The molecule has 1 aromatic rings. The SMILES string of the molecule is O=C(NCc1ccc(N2CCCC2)nc1)C1CCNCC1. The average molecular weight is 288 g/mol. The minimum absolute atomic E-state index is 0.170. The van der Waals surface area contributed by atoms with Gasteiger partial charge >= 0.3 is 0 Å². The predicted octanol–water partition coefficient (Wildman–Crippen LogP) is 1.30. The topological polar surface area (TPSA) is 57.3 Å². The first-order valence-electron chi connectivity index (χ1n) is 8.01. The highest BCUT2D eigenvalue weighted by Gasteiger charge is 2.20. The Hall–Kier alpha value is -1.62. The van der Waals surface area contributed by atoms with Gasteiger partial charge in [-0.3, -0.25) is 4.79 Å². The number of rotatable bonds is 4. The van der Waals surface area contributed by atoms with Gasteiger partial charge in [-0.2, -0.15) is 0 Å². The van der Waals surface area contributed by atoms with Crippen molar-refractivity contribution in [3.05, 3.63) is 23.9 Å². The maximum absolute atomic E-state index is 12.1. The second-order valence-corrected chi connectivity index (χ2v) is 5.96. The number of amides is 1. The lowest BCUT2D eigenvalue weighted by atomic mass is 9.97. The first kappa shape index (κ1) is 14.3. The highest BCUT2D eigenvalue weighted by molar-refractivity contribution is 5.78. The highest BCUT2D eigenvalue weighted by Crippen LogP contribution is 2.17. The number of piperidine rings is 1. The van der Waals surface area contributed by atoms with E-state index in [0.29, 0.717) is 6.54 Å². The molecule has 0 saturated carbocycles. The maximum atomic E-state index is 12.1. The number of carbonyl (C=O) groups excluding carboxylic acids is 1. The molecule has 2 aliphatic heterocycles. The van der Waals surface area contributed by atoms with Gasteiger partial charge in [0.15, 0.2) is 0 Å². The van der Waals surface area contributed by atoms with Crippen LogP contribution in [0.15, 0.2) is 18.3 Å². The molecule has 5 nitrogen and oxygen atoms in total. The summed E-state index contributed by atoms with van der Waals surface area (Å²) in [7, 11) is 0. The molecule has 0 atom stereocenters. The van der Waals surface area contributed by atoms with E-state index in [0.717, 1.165) is 50.4 Å². The first-order chi connectivity index (χ1) is 10.3. The second-order valence-electron chi connectivity index (χ2n) is 5.96. The molecule has 1 amide bonds. The summed E-state index contributed by atoms with van der Waals surface area (Å²) in [6.07, 6.45) is 6.29. The van der Waals surface area contributed by atoms with Crippen LogP contribution in [0.4, 0.5) is 5.82 Å². The van der Waals surface area contributed by atoms with E-state index in [9.17, 15) is 4.79 Å². The fraction of sp³-hybridized carbons (Fsp3) is 0.625. The molecule has 3 heterocycles. The molecule has 5 heteroatoms. The van der Waals surface area contributed by atoms with Crippen molar-refractivity contribution in [3.8, 4) is 0 Å². The van der Waals surface area contributed by atoms with Gasteiger partial charge in [-0.15, -0.1) is 0 Å². The minimum Gasteiger partial charge on any atom is -0.357 e. The van der Waals surface area contributed by atoms with Crippen LogP contribution in [0.5, 0.6) is 0 Å². The third kappa shape index (κ3) is 3.73. The van der Waals surface area contributed by atoms with Gasteiger partial charge in [0.2, 0.25) is 5.91 Å². The summed E-state index contributed by atoms with van der Waals surface area (Å²) in [5, 5.41) is 6.32. The van der Waals surface area contributed by atoms with E-state index in [1.807, 2.05) is 6.20 Å². The van der Waals surface area contributed by atoms with Crippen LogP contribution < -0.4 is 15.5 Å². The molecule has 1 aromatic heterocycles. The van der Waals surface area contributed by atoms with E-state index < -0.39 is 0 Å². The summed E-state index contributed by atoms with van der Waals surface area (Å²) >= 11 is 0. The molecule has 21 heavy (non-hydrogen) atoms. The number of nitrogens with one attached hydrogen (secondary N) is 2. The van der Waals surface area contributed by atoms with E-state index in [-0.39, 0.29) is 11.8 Å². The average Bonchev–Trinajstić information content (AvgIpc) is 3.08. The van der Waals surface area contributed by atoms with Crippen LogP contribution in [0.3, 0.4) is 0 Å². The van der Waals surface area contributed by atoms with Crippen LogP contribution >= 0.6 is 0 Å². The lowest BCUT2D eigenvalue weighted by Gasteiger charge is -2.21. The number of hydrogen-bond donors (Lipinski definition) is 2. The van der Waals surface area contributed by atoms with Crippen LogP contribution in [-0.2, 0) is 11.3 Å². The molecule has 0 spiro atoms. The van der Waals surface area contributed by atoms with Crippen molar-refractivity contribution in [3.63, 3.8) is 0 Å². The van der Waals surface area contributed by atoms with E-state index in [2.05, 4.69) is 32.7 Å². The number of carbonyl (C=O) groups is 1. The smallest absolute Gasteiger partial charge is 0.223 e. The Labute approximate surface area is 126 Å². The first-order valence-corrected chi connectivity index (χ1v) is 8.01. The Balaban J connectivity index is 1.49. The van der Waals surface area contributed by atoms with Gasteiger partial charge in [0, 0.05) is 31.7 Å². The molecule has 0 bridgehead atoms. The van der Waals surface area contributed by atoms with Gasteiger partial charge in [0.25, 0.3) is 0 Å². The zero-order chi connectivity index (χ0) is 14.5. The monoisotopic (exact) mass is 288 g/mol. The number of hydrogen-bond acceptors (Lipinski definition) is 4. The molecule has 3 rings (SSSR count). The molecule has 2 aliphatic rings. The summed E-state index contributed by atoms with van der Waals surface area (Å²) in [5.74, 6) is 1.41. The Morgan fingerprint density at radius 3 is 2.71 bits per heavy atom. The summed E-state index contributed by atoms with van der Waals surface area (Å²) in [6, 6.07) is 4.14. The molecule has 2 saturated heterocycles. The van der Waals surface area contributed by atoms with E-state index in [4.69, 9.17) is 0 Å². The molecule has 114 valence electrons. The Bertz CT molecular complexity index is 462. The zero-order valence-corrected chi connectivity index (χ0v) is 12.5. The van der Waals surface area contributed by atoms with Crippen LogP contribution in [0.25, 0.3) is 0 Å². The van der Waals surface area contributed by atoms with Gasteiger partial charge in [-0.1, -0.05) is 6.07 Å². The molecule has 2 N–H and O–H groups in total. The van der Waals surface area contributed by atoms with Gasteiger partial charge in [0.1, 0.15) is 5.82 Å². The normalized spacial score (nSPS) is 19.7. The van der Waals surface area contributed by atoms with Crippen molar-refractivity contribution in [2.24, 2.45) is 5.92 Å². The number of pyridine rings is 1. The lowest BCUT2D eigenvalue weighted by molar-refractivity contribution is -0.125. The molecular weight excluding hydrogens is 264 g/mol. The van der Waals surface area contributed by atoms with E-state index in [1.165, 1.54) is 12.8 Å². The predicted molar refractivity (Wildman–Crippen MR) is 83.1 cm³/mol. The van der Waals surface area contributed by atoms with Crippen molar-refractivity contribution in [2.75, 3.05) is 31.1 Å². The number of aromatic nitrogens is 1. The second kappa shape index (κ2) is 6.89. The fourth-order valence-corrected chi connectivity index (χ4v) is 3.07. The quantitative estimate of drug-likeness (QED) is 0.877.